The third kappa shape index (κ3) is 8.54. The van der Waals surface area contributed by atoms with Crippen LogP contribution >= 0.6 is 0 Å². The van der Waals surface area contributed by atoms with Crippen molar-refractivity contribution in [1.82, 2.24) is 0 Å². The molecule has 0 fully saturated rings. The van der Waals surface area contributed by atoms with Crippen molar-refractivity contribution in [2.24, 2.45) is 0 Å². The van der Waals surface area contributed by atoms with E-state index in [4.69, 9.17) is 30.0 Å². The molecule has 4 N–H and O–H groups in total. The molecule has 0 saturated carbocycles. The van der Waals surface area contributed by atoms with Gasteiger partial charge in [0.2, 0.25) is 0 Å². The molecule has 2 rings (SSSR count). The maximum absolute atomic E-state index is 8.56. The molecule has 0 aliphatic heterocycles. The first-order valence-corrected chi connectivity index (χ1v) is 4.71. The molecule has 96 valence electrons. The first kappa shape index (κ1) is 15.2. The first-order valence-electron chi connectivity index (χ1n) is 4.71. The van der Waals surface area contributed by atoms with E-state index in [2.05, 4.69) is 48.5 Å². The van der Waals surface area contributed by atoms with Crippen molar-refractivity contribution < 1.29 is 30.0 Å². The average molecular weight is 252 g/mol. The molecule has 0 amide bonds. The second-order valence-corrected chi connectivity index (χ2v) is 2.91. The second-order valence-electron chi connectivity index (χ2n) is 2.91. The van der Waals surface area contributed by atoms with Crippen molar-refractivity contribution in [3.8, 4) is 0 Å². The average Bonchev–Trinajstić information content (AvgIpc) is 2.28. The van der Waals surface area contributed by atoms with E-state index in [9.17, 15) is 0 Å². The molecule has 0 radical (unpaired) electrons. The summed E-state index contributed by atoms with van der Waals surface area (Å²) >= 11 is 0. The third-order valence-electron chi connectivity index (χ3n) is 1.66. The van der Waals surface area contributed by atoms with Crippen LogP contribution in [-0.2, 0) is 0 Å². The van der Waals surface area contributed by atoms with Crippen LogP contribution in [0, 0.1) is 0 Å². The van der Waals surface area contributed by atoms with E-state index >= 15 is 0 Å². The van der Waals surface area contributed by atoms with E-state index in [1.165, 1.54) is 10.8 Å². The fourth-order valence-electron chi connectivity index (χ4n) is 1.13. The van der Waals surface area contributed by atoms with Crippen LogP contribution in [0.2, 0.25) is 0 Å². The van der Waals surface area contributed by atoms with Gasteiger partial charge in [-0.05, 0) is 10.8 Å². The number of benzene rings is 2. The van der Waals surface area contributed by atoms with Gasteiger partial charge in [-0.25, -0.2) is 9.59 Å². The Morgan fingerprint density at radius 1 is 0.611 bits per heavy atom. The Bertz CT molecular complexity index is 423. The van der Waals surface area contributed by atoms with E-state index in [1.54, 1.807) is 0 Å². The number of carboxylic acid groups (broad SMARTS) is 4. The number of hydrogen-bond acceptors (Lipinski definition) is 2. The van der Waals surface area contributed by atoms with E-state index in [-0.39, 0.29) is 0 Å². The third-order valence-corrected chi connectivity index (χ3v) is 1.66. The van der Waals surface area contributed by atoms with Crippen LogP contribution in [0.25, 0.3) is 10.8 Å². The number of fused-ring (bicyclic) bond motifs is 1. The Morgan fingerprint density at radius 2 is 0.778 bits per heavy atom. The topological polar surface area (TPSA) is 115 Å². The SMILES string of the molecule is O=C(O)O.O=C(O)O.c1ccc2ccccc2c1. The van der Waals surface area contributed by atoms with Crippen LogP contribution in [0.4, 0.5) is 9.59 Å². The van der Waals surface area contributed by atoms with Gasteiger partial charge < -0.3 is 20.4 Å². The summed E-state index contributed by atoms with van der Waals surface area (Å²) in [7, 11) is 0. The molecule has 0 unspecified atom stereocenters. The van der Waals surface area contributed by atoms with Crippen molar-refractivity contribution in [2.75, 3.05) is 0 Å². The molecular formula is C12H12O6. The van der Waals surface area contributed by atoms with Crippen LogP contribution in [0.3, 0.4) is 0 Å². The number of carbonyl (C=O) groups is 2. The summed E-state index contributed by atoms with van der Waals surface area (Å²) < 4.78 is 0. The summed E-state index contributed by atoms with van der Waals surface area (Å²) in [5.41, 5.74) is 0. The van der Waals surface area contributed by atoms with E-state index in [0.29, 0.717) is 0 Å². The fourth-order valence-corrected chi connectivity index (χ4v) is 1.13. The maximum Gasteiger partial charge on any atom is 0.503 e. The predicted octanol–water partition coefficient (Wildman–Crippen LogP) is 3.28. The Balaban J connectivity index is 0.000000307. The minimum atomic E-state index is -1.83. The molecule has 0 aromatic heterocycles. The van der Waals surface area contributed by atoms with Crippen LogP contribution < -0.4 is 0 Å². The lowest BCUT2D eigenvalue weighted by atomic mass is 10.1. The zero-order valence-electron chi connectivity index (χ0n) is 9.22. The highest BCUT2D eigenvalue weighted by molar-refractivity contribution is 5.81. The van der Waals surface area contributed by atoms with E-state index in [0.717, 1.165) is 0 Å². The Hall–Kier alpha value is -2.76. The van der Waals surface area contributed by atoms with Crippen molar-refractivity contribution in [2.45, 2.75) is 0 Å². The fraction of sp³-hybridized carbons (Fsp3) is 0. The van der Waals surface area contributed by atoms with Gasteiger partial charge in [0.1, 0.15) is 0 Å². The van der Waals surface area contributed by atoms with Gasteiger partial charge in [-0.3, -0.25) is 0 Å². The molecule has 18 heavy (non-hydrogen) atoms. The van der Waals surface area contributed by atoms with Gasteiger partial charge in [-0.15, -0.1) is 0 Å². The molecule has 6 nitrogen and oxygen atoms in total. The molecule has 0 aliphatic rings. The highest BCUT2D eigenvalue weighted by atomic mass is 16.6. The van der Waals surface area contributed by atoms with E-state index < -0.39 is 12.3 Å². The minimum absolute atomic E-state index is 1.31. The lowest BCUT2D eigenvalue weighted by molar-refractivity contribution is 0.135. The van der Waals surface area contributed by atoms with Gasteiger partial charge >= 0.3 is 12.3 Å². The van der Waals surface area contributed by atoms with Crippen molar-refractivity contribution in [1.29, 1.82) is 0 Å². The van der Waals surface area contributed by atoms with Crippen LogP contribution in [-0.4, -0.2) is 32.7 Å². The van der Waals surface area contributed by atoms with Gasteiger partial charge in [0.15, 0.2) is 0 Å². The molecule has 0 heterocycles. The van der Waals surface area contributed by atoms with Gasteiger partial charge in [-0.1, -0.05) is 48.5 Å². The van der Waals surface area contributed by atoms with Crippen molar-refractivity contribution in [3.05, 3.63) is 48.5 Å². The summed E-state index contributed by atoms with van der Waals surface area (Å²) in [6.07, 6.45) is -3.67. The molecule has 0 aliphatic carbocycles. The van der Waals surface area contributed by atoms with Crippen molar-refractivity contribution >= 4 is 23.1 Å². The zero-order chi connectivity index (χ0) is 14.0. The highest BCUT2D eigenvalue weighted by Gasteiger charge is 1.85. The summed E-state index contributed by atoms with van der Waals surface area (Å²) in [6, 6.07) is 16.7. The predicted molar refractivity (Wildman–Crippen MR) is 65.3 cm³/mol. The Morgan fingerprint density at radius 3 is 0.944 bits per heavy atom. The molecule has 0 saturated heterocycles. The molecule has 2 aromatic rings. The Kier molecular flexibility index (Phi) is 7.11. The lowest BCUT2D eigenvalue weighted by Crippen LogP contribution is -1.81. The maximum atomic E-state index is 8.56. The summed E-state index contributed by atoms with van der Waals surface area (Å²) in [4.78, 5) is 17.1. The van der Waals surface area contributed by atoms with Gasteiger partial charge in [-0.2, -0.15) is 0 Å². The summed E-state index contributed by atoms with van der Waals surface area (Å²) in [5.74, 6) is 0. The standard InChI is InChI=1S/C10H8.2CH2O3/c1-2-6-10-8-4-3-7-9(10)5-1;2*2-1(3)4/h1-8H;2*(H2,2,3,4). The van der Waals surface area contributed by atoms with Gasteiger partial charge in [0.05, 0.1) is 0 Å². The lowest BCUT2D eigenvalue weighted by Gasteiger charge is -1.92. The summed E-state index contributed by atoms with van der Waals surface area (Å²) in [5, 5.41) is 30.5. The van der Waals surface area contributed by atoms with Crippen LogP contribution in [0.5, 0.6) is 0 Å². The molecule has 0 spiro atoms. The summed E-state index contributed by atoms with van der Waals surface area (Å²) in [6.45, 7) is 0. The van der Waals surface area contributed by atoms with Crippen molar-refractivity contribution in [3.63, 3.8) is 0 Å². The van der Waals surface area contributed by atoms with Gasteiger partial charge in [0, 0.05) is 0 Å². The normalized spacial score (nSPS) is 8.22. The quantitative estimate of drug-likeness (QED) is 0.571. The minimum Gasteiger partial charge on any atom is -0.450 e. The van der Waals surface area contributed by atoms with E-state index in [1.807, 2.05) is 0 Å². The number of rotatable bonds is 0. The molecule has 6 heteroatoms. The first-order chi connectivity index (χ1) is 8.43. The number of hydrogen-bond donors (Lipinski definition) is 4. The molecule has 2 aromatic carbocycles. The van der Waals surface area contributed by atoms with Crippen LogP contribution in [0.1, 0.15) is 0 Å². The monoisotopic (exact) mass is 252 g/mol. The Labute approximate surface area is 102 Å². The smallest absolute Gasteiger partial charge is 0.450 e. The highest BCUT2D eigenvalue weighted by Crippen LogP contribution is 2.11. The zero-order valence-corrected chi connectivity index (χ0v) is 9.22. The molecule has 0 bridgehead atoms. The molecular weight excluding hydrogens is 240 g/mol. The largest absolute Gasteiger partial charge is 0.503 e. The second kappa shape index (κ2) is 8.40. The van der Waals surface area contributed by atoms with Crippen LogP contribution in [0.15, 0.2) is 48.5 Å². The molecule has 0 atom stereocenters. The van der Waals surface area contributed by atoms with Gasteiger partial charge in [0.25, 0.3) is 0 Å².